The van der Waals surface area contributed by atoms with Crippen molar-refractivity contribution in [1.29, 1.82) is 0 Å². The Morgan fingerprint density at radius 3 is 2.94 bits per heavy atom. The number of amides is 1. The van der Waals surface area contributed by atoms with Crippen molar-refractivity contribution in [3.8, 4) is 0 Å². The van der Waals surface area contributed by atoms with Crippen LogP contribution in [0.3, 0.4) is 0 Å². The van der Waals surface area contributed by atoms with E-state index < -0.39 is 0 Å². The number of thiophene rings is 1. The number of nitrogens with zero attached hydrogens (tertiary/aromatic N) is 1. The van der Waals surface area contributed by atoms with Gasteiger partial charge in [0, 0.05) is 17.8 Å². The zero-order valence-electron chi connectivity index (χ0n) is 10.7. The molecule has 0 radical (unpaired) electrons. The quantitative estimate of drug-likeness (QED) is 0.823. The number of hydrogen-bond donors (Lipinski definition) is 1. The Balaban J connectivity index is 2.03. The van der Waals surface area contributed by atoms with Gasteiger partial charge in [-0.3, -0.25) is 4.79 Å². The maximum atomic E-state index is 12.3. The molecule has 1 aromatic heterocycles. The molecule has 1 saturated heterocycles. The molecule has 1 atom stereocenters. The molecule has 4 heteroatoms. The first-order valence-electron chi connectivity index (χ1n) is 6.40. The molecule has 0 spiro atoms. The van der Waals surface area contributed by atoms with Crippen LogP contribution in [0.15, 0.2) is 12.1 Å². The second kappa shape index (κ2) is 5.65. The molecule has 94 valence electrons. The molecule has 1 aromatic rings. The van der Waals surface area contributed by atoms with Crippen molar-refractivity contribution in [2.45, 2.75) is 19.8 Å². The van der Waals surface area contributed by atoms with E-state index in [2.05, 4.69) is 20.0 Å². The predicted octanol–water partition coefficient (Wildman–Crippen LogP) is 0.671. The largest absolute Gasteiger partial charge is 0.336 e. The van der Waals surface area contributed by atoms with E-state index in [0.717, 1.165) is 37.4 Å². The molecular weight excluding hydrogens is 232 g/mol. The van der Waals surface area contributed by atoms with Crippen LogP contribution in [-0.4, -0.2) is 44.0 Å². The molecule has 0 aromatic carbocycles. The van der Waals surface area contributed by atoms with Crippen molar-refractivity contribution in [3.05, 3.63) is 21.9 Å². The Hall–Kier alpha value is -0.870. The fourth-order valence-corrected chi connectivity index (χ4v) is 3.09. The summed E-state index contributed by atoms with van der Waals surface area (Å²) in [6.07, 6.45) is 2.13. The summed E-state index contributed by atoms with van der Waals surface area (Å²) >= 11 is 1.64. The summed E-state index contributed by atoms with van der Waals surface area (Å²) in [6.45, 7) is 6.18. The number of nitrogens with one attached hydrogen (secondary N) is 1. The van der Waals surface area contributed by atoms with Crippen LogP contribution < -0.4 is 4.90 Å². The Bertz CT molecular complexity index is 389. The van der Waals surface area contributed by atoms with Gasteiger partial charge in [-0.25, -0.2) is 0 Å². The van der Waals surface area contributed by atoms with Gasteiger partial charge >= 0.3 is 0 Å². The third kappa shape index (κ3) is 3.07. The topological polar surface area (TPSA) is 24.8 Å². The van der Waals surface area contributed by atoms with E-state index in [9.17, 15) is 4.79 Å². The van der Waals surface area contributed by atoms with Crippen LogP contribution in [-0.2, 0) is 6.42 Å². The minimum absolute atomic E-state index is 0.226. The fourth-order valence-electron chi connectivity index (χ4n) is 2.18. The number of hydrogen-bond acceptors (Lipinski definition) is 2. The van der Waals surface area contributed by atoms with Crippen molar-refractivity contribution in [2.75, 3.05) is 33.2 Å². The van der Waals surface area contributed by atoms with Gasteiger partial charge in [0.2, 0.25) is 0 Å². The molecular formula is C13H21N2OS+. The summed E-state index contributed by atoms with van der Waals surface area (Å²) in [7, 11) is 2.20. The molecule has 0 bridgehead atoms. The minimum atomic E-state index is 0.226. The van der Waals surface area contributed by atoms with E-state index in [1.54, 1.807) is 11.3 Å². The van der Waals surface area contributed by atoms with Gasteiger partial charge in [0.05, 0.1) is 31.6 Å². The summed E-state index contributed by atoms with van der Waals surface area (Å²) < 4.78 is 0. The zero-order valence-corrected chi connectivity index (χ0v) is 11.5. The molecule has 2 heterocycles. The van der Waals surface area contributed by atoms with E-state index in [1.807, 2.05) is 11.0 Å². The van der Waals surface area contributed by atoms with Crippen molar-refractivity contribution >= 4 is 17.2 Å². The number of aryl methyl sites for hydroxylation is 1. The first-order chi connectivity index (χ1) is 8.20. The standard InChI is InChI=1S/C13H20N2OS/c1-3-11-5-6-12(17-11)13(16)15-8-4-7-14(2)9-10-15/h5-6H,3-4,7-10H2,1-2H3/p+1. The second-order valence-corrected chi connectivity index (χ2v) is 5.89. The number of likely N-dealkylation sites (N-methyl/N-ethyl adjacent to an activating group) is 1. The van der Waals surface area contributed by atoms with E-state index >= 15 is 0 Å². The summed E-state index contributed by atoms with van der Waals surface area (Å²) in [4.78, 5) is 18.1. The lowest BCUT2D eigenvalue weighted by molar-refractivity contribution is -0.877. The molecule has 0 saturated carbocycles. The van der Waals surface area contributed by atoms with Gasteiger partial charge in [-0.1, -0.05) is 6.92 Å². The Labute approximate surface area is 107 Å². The first-order valence-corrected chi connectivity index (χ1v) is 7.21. The summed E-state index contributed by atoms with van der Waals surface area (Å²) in [5, 5.41) is 0. The Kier molecular flexibility index (Phi) is 4.18. The molecule has 1 unspecified atom stereocenters. The number of carbonyl (C=O) groups is 1. The monoisotopic (exact) mass is 253 g/mol. The van der Waals surface area contributed by atoms with E-state index in [0.29, 0.717) is 0 Å². The van der Waals surface area contributed by atoms with E-state index in [1.165, 1.54) is 16.3 Å². The van der Waals surface area contributed by atoms with Gasteiger partial charge in [-0.2, -0.15) is 0 Å². The van der Waals surface area contributed by atoms with Crippen LogP contribution in [0.5, 0.6) is 0 Å². The molecule has 2 rings (SSSR count). The fraction of sp³-hybridized carbons (Fsp3) is 0.615. The SMILES string of the molecule is CCc1ccc(C(=O)N2CCC[NH+](C)CC2)s1. The third-order valence-corrected chi connectivity index (χ3v) is 4.57. The highest BCUT2D eigenvalue weighted by molar-refractivity contribution is 7.14. The van der Waals surface area contributed by atoms with Crippen LogP contribution in [0.25, 0.3) is 0 Å². The minimum Gasteiger partial charge on any atom is -0.336 e. The van der Waals surface area contributed by atoms with Crippen LogP contribution in [0.1, 0.15) is 27.9 Å². The maximum absolute atomic E-state index is 12.3. The summed E-state index contributed by atoms with van der Waals surface area (Å²) in [6, 6.07) is 4.06. The third-order valence-electron chi connectivity index (χ3n) is 3.35. The average Bonchev–Trinajstić information content (AvgIpc) is 2.71. The molecule has 1 N–H and O–H groups in total. The highest BCUT2D eigenvalue weighted by atomic mass is 32.1. The summed E-state index contributed by atoms with van der Waals surface area (Å²) in [5.41, 5.74) is 0. The normalized spacial score (nSPS) is 21.3. The van der Waals surface area contributed by atoms with Gasteiger partial charge in [-0.05, 0) is 18.6 Å². The van der Waals surface area contributed by atoms with Crippen LogP contribution in [0, 0.1) is 0 Å². The zero-order chi connectivity index (χ0) is 12.3. The van der Waals surface area contributed by atoms with Gasteiger partial charge in [0.15, 0.2) is 0 Å². The molecule has 0 aliphatic carbocycles. The molecule has 1 amide bonds. The van der Waals surface area contributed by atoms with Gasteiger partial charge in [-0.15, -0.1) is 11.3 Å². The van der Waals surface area contributed by atoms with Crippen molar-refractivity contribution in [3.63, 3.8) is 0 Å². The molecule has 1 fully saturated rings. The lowest BCUT2D eigenvalue weighted by Gasteiger charge is -2.18. The van der Waals surface area contributed by atoms with E-state index in [-0.39, 0.29) is 5.91 Å². The van der Waals surface area contributed by atoms with E-state index in [4.69, 9.17) is 0 Å². The van der Waals surface area contributed by atoms with Gasteiger partial charge in [0.25, 0.3) is 5.91 Å². The van der Waals surface area contributed by atoms with Crippen molar-refractivity contribution in [1.82, 2.24) is 4.90 Å². The molecule has 17 heavy (non-hydrogen) atoms. The lowest BCUT2D eigenvalue weighted by atomic mass is 10.3. The van der Waals surface area contributed by atoms with Crippen molar-refractivity contribution < 1.29 is 9.69 Å². The lowest BCUT2D eigenvalue weighted by Crippen LogP contribution is -3.09. The number of carbonyl (C=O) groups excluding carboxylic acids is 1. The number of quaternary nitrogens is 1. The van der Waals surface area contributed by atoms with Crippen LogP contribution >= 0.6 is 11.3 Å². The van der Waals surface area contributed by atoms with Crippen LogP contribution in [0.4, 0.5) is 0 Å². The highest BCUT2D eigenvalue weighted by Crippen LogP contribution is 2.18. The maximum Gasteiger partial charge on any atom is 0.264 e. The average molecular weight is 253 g/mol. The number of rotatable bonds is 2. The predicted molar refractivity (Wildman–Crippen MR) is 70.8 cm³/mol. The van der Waals surface area contributed by atoms with Gasteiger partial charge < -0.3 is 9.80 Å². The molecule has 3 nitrogen and oxygen atoms in total. The first kappa shape index (κ1) is 12.6. The van der Waals surface area contributed by atoms with Gasteiger partial charge in [0.1, 0.15) is 0 Å². The smallest absolute Gasteiger partial charge is 0.264 e. The molecule has 1 aliphatic rings. The molecule has 1 aliphatic heterocycles. The van der Waals surface area contributed by atoms with Crippen LogP contribution in [0.2, 0.25) is 0 Å². The second-order valence-electron chi connectivity index (χ2n) is 4.72. The Morgan fingerprint density at radius 1 is 1.41 bits per heavy atom. The Morgan fingerprint density at radius 2 is 2.24 bits per heavy atom. The summed E-state index contributed by atoms with van der Waals surface area (Å²) in [5.74, 6) is 0.226. The highest BCUT2D eigenvalue weighted by Gasteiger charge is 2.21. The van der Waals surface area contributed by atoms with Crippen molar-refractivity contribution in [2.24, 2.45) is 0 Å².